The van der Waals surface area contributed by atoms with Gasteiger partial charge >= 0.3 is 0 Å². The van der Waals surface area contributed by atoms with Crippen LogP contribution in [0.15, 0.2) is 36.7 Å². The average Bonchev–Trinajstić information content (AvgIpc) is 2.69. The van der Waals surface area contributed by atoms with Gasteiger partial charge in [0.15, 0.2) is 0 Å². The van der Waals surface area contributed by atoms with Crippen LogP contribution in [0, 0.1) is 0 Å². The summed E-state index contributed by atoms with van der Waals surface area (Å²) in [5.41, 5.74) is 1.75. The van der Waals surface area contributed by atoms with Gasteiger partial charge < -0.3 is 20.4 Å². The van der Waals surface area contributed by atoms with Crippen LogP contribution in [0.3, 0.4) is 0 Å². The molecular weight excluding hydrogens is 360 g/mol. The smallest absolute Gasteiger partial charge is 0.274 e. The number of nitrogens with zero attached hydrogens (tertiary/aromatic N) is 4. The molecule has 2 heterocycles. The van der Waals surface area contributed by atoms with E-state index in [1.807, 2.05) is 0 Å². The van der Waals surface area contributed by atoms with Gasteiger partial charge in [0.1, 0.15) is 11.5 Å². The van der Waals surface area contributed by atoms with Crippen molar-refractivity contribution in [1.82, 2.24) is 19.8 Å². The number of hydrogen-bond acceptors (Lipinski definition) is 6. The van der Waals surface area contributed by atoms with Crippen molar-refractivity contribution in [3.63, 3.8) is 0 Å². The third kappa shape index (κ3) is 4.81. The molecule has 0 aliphatic carbocycles. The fraction of sp³-hybridized carbons (Fsp3) is 0.316. The highest BCUT2D eigenvalue weighted by atomic mass is 16.2. The molecule has 1 saturated heterocycles. The quantitative estimate of drug-likeness (QED) is 0.829. The number of aromatic nitrogens is 2. The van der Waals surface area contributed by atoms with Gasteiger partial charge in [-0.3, -0.25) is 14.4 Å². The van der Waals surface area contributed by atoms with Crippen molar-refractivity contribution in [2.24, 2.45) is 0 Å². The van der Waals surface area contributed by atoms with Crippen molar-refractivity contribution < 1.29 is 14.4 Å². The molecule has 1 aliphatic rings. The van der Waals surface area contributed by atoms with Gasteiger partial charge in [-0.1, -0.05) is 0 Å². The molecule has 9 heteroatoms. The molecule has 28 heavy (non-hydrogen) atoms. The molecule has 2 N–H and O–H groups in total. The molecule has 0 unspecified atom stereocenters. The van der Waals surface area contributed by atoms with Crippen LogP contribution in [0.4, 0.5) is 17.2 Å². The van der Waals surface area contributed by atoms with Crippen molar-refractivity contribution in [3.05, 3.63) is 42.4 Å². The molecule has 0 radical (unpaired) electrons. The van der Waals surface area contributed by atoms with Crippen LogP contribution in [-0.4, -0.2) is 63.7 Å². The second-order valence-corrected chi connectivity index (χ2v) is 6.47. The van der Waals surface area contributed by atoms with Crippen LogP contribution >= 0.6 is 0 Å². The van der Waals surface area contributed by atoms with E-state index in [0.29, 0.717) is 37.7 Å². The van der Waals surface area contributed by atoms with Gasteiger partial charge in [0.2, 0.25) is 11.8 Å². The highest BCUT2D eigenvalue weighted by Crippen LogP contribution is 2.17. The van der Waals surface area contributed by atoms with Gasteiger partial charge in [-0.15, -0.1) is 0 Å². The van der Waals surface area contributed by atoms with Crippen molar-refractivity contribution in [2.45, 2.75) is 13.8 Å². The topological polar surface area (TPSA) is 108 Å². The highest BCUT2D eigenvalue weighted by molar-refractivity contribution is 5.92. The third-order valence-corrected chi connectivity index (χ3v) is 4.36. The summed E-state index contributed by atoms with van der Waals surface area (Å²) in [6.45, 7) is 5.02. The summed E-state index contributed by atoms with van der Waals surface area (Å²) >= 11 is 0. The SMILES string of the molecule is CC(=O)Nc1ccc(Nc2cnc(C(=O)N3CCN(C(C)=O)CC3)cn2)cc1. The van der Waals surface area contributed by atoms with Gasteiger partial charge in [0.25, 0.3) is 5.91 Å². The zero-order valence-corrected chi connectivity index (χ0v) is 15.8. The minimum atomic E-state index is -0.193. The van der Waals surface area contributed by atoms with Crippen molar-refractivity contribution in [2.75, 3.05) is 36.8 Å². The average molecular weight is 382 g/mol. The lowest BCUT2D eigenvalue weighted by Crippen LogP contribution is -2.50. The summed E-state index contributed by atoms with van der Waals surface area (Å²) in [5, 5.41) is 5.79. The summed E-state index contributed by atoms with van der Waals surface area (Å²) in [4.78, 5) is 46.8. The lowest BCUT2D eigenvalue weighted by Gasteiger charge is -2.33. The summed E-state index contributed by atoms with van der Waals surface area (Å²) in [5.74, 6) is 0.203. The number of nitrogens with one attached hydrogen (secondary N) is 2. The van der Waals surface area contributed by atoms with E-state index in [1.54, 1.807) is 34.1 Å². The van der Waals surface area contributed by atoms with Crippen LogP contribution < -0.4 is 10.6 Å². The van der Waals surface area contributed by atoms with E-state index in [0.717, 1.165) is 5.69 Å². The first-order valence-electron chi connectivity index (χ1n) is 8.94. The van der Waals surface area contributed by atoms with E-state index in [4.69, 9.17) is 0 Å². The molecule has 0 bridgehead atoms. The number of anilines is 3. The molecule has 0 atom stereocenters. The number of benzene rings is 1. The number of piperazine rings is 1. The van der Waals surface area contributed by atoms with Crippen LogP contribution in [-0.2, 0) is 9.59 Å². The second kappa shape index (κ2) is 8.47. The standard InChI is InChI=1S/C19H22N6O3/c1-13(26)22-15-3-5-16(6-4-15)23-18-12-20-17(11-21-18)19(28)25-9-7-24(8-10-25)14(2)27/h3-6,11-12H,7-10H2,1-2H3,(H,21,23)(H,22,26). The molecule has 3 amide bonds. The predicted molar refractivity (Wildman–Crippen MR) is 104 cm³/mol. The number of carbonyl (C=O) groups excluding carboxylic acids is 3. The van der Waals surface area contributed by atoms with Gasteiger partial charge in [-0.2, -0.15) is 0 Å². The molecule has 2 aromatic rings. The van der Waals surface area contributed by atoms with E-state index in [2.05, 4.69) is 20.6 Å². The lowest BCUT2D eigenvalue weighted by atomic mass is 10.2. The zero-order chi connectivity index (χ0) is 20.1. The first kappa shape index (κ1) is 19.3. The third-order valence-electron chi connectivity index (χ3n) is 4.36. The normalized spacial score (nSPS) is 13.8. The Morgan fingerprint density at radius 2 is 1.46 bits per heavy atom. The Bertz CT molecular complexity index is 858. The maximum absolute atomic E-state index is 12.5. The molecule has 1 fully saturated rings. The monoisotopic (exact) mass is 382 g/mol. The summed E-state index contributed by atoms with van der Waals surface area (Å²) in [7, 11) is 0. The van der Waals surface area contributed by atoms with Crippen LogP contribution in [0.2, 0.25) is 0 Å². The fourth-order valence-corrected chi connectivity index (χ4v) is 2.88. The predicted octanol–water partition coefficient (Wildman–Crippen LogP) is 1.48. The maximum atomic E-state index is 12.5. The van der Waals surface area contributed by atoms with E-state index in [1.165, 1.54) is 26.2 Å². The molecule has 0 spiro atoms. The van der Waals surface area contributed by atoms with Gasteiger partial charge in [-0.25, -0.2) is 9.97 Å². The molecule has 1 aliphatic heterocycles. The highest BCUT2D eigenvalue weighted by Gasteiger charge is 2.24. The van der Waals surface area contributed by atoms with E-state index in [-0.39, 0.29) is 23.4 Å². The fourth-order valence-electron chi connectivity index (χ4n) is 2.88. The Kier molecular flexibility index (Phi) is 5.83. The lowest BCUT2D eigenvalue weighted by molar-refractivity contribution is -0.130. The number of hydrogen-bond donors (Lipinski definition) is 2. The van der Waals surface area contributed by atoms with Crippen molar-refractivity contribution in [3.8, 4) is 0 Å². The molecule has 1 aromatic carbocycles. The van der Waals surface area contributed by atoms with Gasteiger partial charge in [0, 0.05) is 51.4 Å². The van der Waals surface area contributed by atoms with Crippen molar-refractivity contribution >= 4 is 34.9 Å². The van der Waals surface area contributed by atoms with Crippen LogP contribution in [0.5, 0.6) is 0 Å². The first-order valence-corrected chi connectivity index (χ1v) is 8.94. The Balaban J connectivity index is 1.58. The molecule has 0 saturated carbocycles. The van der Waals surface area contributed by atoms with E-state index >= 15 is 0 Å². The minimum Gasteiger partial charge on any atom is -0.339 e. The van der Waals surface area contributed by atoms with E-state index < -0.39 is 0 Å². The Morgan fingerprint density at radius 1 is 0.857 bits per heavy atom. The molecule has 1 aromatic heterocycles. The van der Waals surface area contributed by atoms with Gasteiger partial charge in [0.05, 0.1) is 12.4 Å². The van der Waals surface area contributed by atoms with E-state index in [9.17, 15) is 14.4 Å². The van der Waals surface area contributed by atoms with Crippen molar-refractivity contribution in [1.29, 1.82) is 0 Å². The van der Waals surface area contributed by atoms with Crippen LogP contribution in [0.1, 0.15) is 24.3 Å². The maximum Gasteiger partial charge on any atom is 0.274 e. The molecule has 9 nitrogen and oxygen atoms in total. The number of rotatable bonds is 4. The largest absolute Gasteiger partial charge is 0.339 e. The summed E-state index contributed by atoms with van der Waals surface area (Å²) in [6, 6.07) is 7.16. The molecular formula is C19H22N6O3. The number of amides is 3. The zero-order valence-electron chi connectivity index (χ0n) is 15.8. The molecule has 146 valence electrons. The summed E-state index contributed by atoms with van der Waals surface area (Å²) in [6.07, 6.45) is 2.94. The Morgan fingerprint density at radius 3 is 2.00 bits per heavy atom. The second-order valence-electron chi connectivity index (χ2n) is 6.47. The summed E-state index contributed by atoms with van der Waals surface area (Å²) < 4.78 is 0. The Hall–Kier alpha value is -3.49. The number of carbonyl (C=O) groups is 3. The molecule has 3 rings (SSSR count). The first-order chi connectivity index (χ1) is 13.4. The Labute approximate surface area is 162 Å². The van der Waals surface area contributed by atoms with Crippen LogP contribution in [0.25, 0.3) is 0 Å². The minimum absolute atomic E-state index is 0.0208. The van der Waals surface area contributed by atoms with Gasteiger partial charge in [-0.05, 0) is 24.3 Å².